The number of H-pyrrole nitrogens is 1. The highest BCUT2D eigenvalue weighted by Crippen LogP contribution is 2.37. The molecular weight excluding hydrogens is 434 g/mol. The third kappa shape index (κ3) is 4.67. The van der Waals surface area contributed by atoms with Gasteiger partial charge in [-0.15, -0.1) is 0 Å². The zero-order valence-corrected chi connectivity index (χ0v) is 19.9. The summed E-state index contributed by atoms with van der Waals surface area (Å²) in [5.74, 6) is 0.886. The zero-order valence-electron chi connectivity index (χ0n) is 19.0. The number of benzene rings is 1. The Kier molecular flexibility index (Phi) is 6.55. The molecule has 2 unspecified atom stereocenters. The van der Waals surface area contributed by atoms with Crippen molar-refractivity contribution in [1.82, 2.24) is 20.5 Å². The average Bonchev–Trinajstić information content (AvgIpc) is 3.33. The predicted molar refractivity (Wildman–Crippen MR) is 128 cm³/mol. The van der Waals surface area contributed by atoms with Crippen LogP contribution in [0.1, 0.15) is 24.8 Å². The van der Waals surface area contributed by atoms with Crippen molar-refractivity contribution in [3.8, 4) is 0 Å². The minimum atomic E-state index is -4.46. The van der Waals surface area contributed by atoms with Crippen LogP contribution in [0, 0.1) is 5.92 Å². The van der Waals surface area contributed by atoms with Gasteiger partial charge in [-0.3, -0.25) is 0 Å². The summed E-state index contributed by atoms with van der Waals surface area (Å²) < 4.78 is 41.8. The van der Waals surface area contributed by atoms with Gasteiger partial charge in [0.25, 0.3) is 0 Å². The Hall–Kier alpha value is -2.05. The van der Waals surface area contributed by atoms with Gasteiger partial charge < -0.3 is 20.5 Å². The number of hydrogen-bond acceptors (Lipinski definition) is 4. The fourth-order valence-corrected chi connectivity index (χ4v) is 5.84. The largest absolute Gasteiger partial charge is 0.416 e. The standard InChI is InChI=1S/C23H31F3N5P/c1-31(2)13-14-7-5-9-18(14)29-22-28-12-17(23(24,25)26)20(30-22)16-11-27-21-15(16)8-6-10-19(21)32(3)4/h6,8,10-11,14,18,27H,5,7,9,12-13H2,1-4H3,(H2,28,29,30). The monoisotopic (exact) mass is 465 g/mol. The number of guanidine groups is 1. The van der Waals surface area contributed by atoms with Crippen molar-refractivity contribution in [2.75, 3.05) is 40.5 Å². The van der Waals surface area contributed by atoms with Gasteiger partial charge in [0.2, 0.25) is 0 Å². The van der Waals surface area contributed by atoms with Crippen LogP contribution in [0.5, 0.6) is 0 Å². The van der Waals surface area contributed by atoms with Crippen molar-refractivity contribution in [1.29, 1.82) is 0 Å². The van der Waals surface area contributed by atoms with E-state index in [2.05, 4.69) is 38.8 Å². The predicted octanol–water partition coefficient (Wildman–Crippen LogP) is 4.09. The number of fused-ring (bicyclic) bond motifs is 1. The number of halogens is 3. The molecular formula is C23H31F3N5P. The maximum atomic E-state index is 13.9. The number of para-hydroxylation sites is 1. The van der Waals surface area contributed by atoms with Crippen LogP contribution >= 0.6 is 7.92 Å². The van der Waals surface area contributed by atoms with E-state index in [0.717, 1.165) is 42.0 Å². The Morgan fingerprint density at radius 2 is 2.00 bits per heavy atom. The lowest BCUT2D eigenvalue weighted by atomic mass is 10.0. The molecule has 174 valence electrons. The summed E-state index contributed by atoms with van der Waals surface area (Å²) in [7, 11) is 3.70. The lowest BCUT2D eigenvalue weighted by molar-refractivity contribution is -0.0918. The van der Waals surface area contributed by atoms with Crippen molar-refractivity contribution in [3.63, 3.8) is 0 Å². The molecule has 2 aromatic rings. The van der Waals surface area contributed by atoms with Gasteiger partial charge in [-0.1, -0.05) is 32.5 Å². The van der Waals surface area contributed by atoms with E-state index in [1.165, 1.54) is 0 Å². The minimum absolute atomic E-state index is 0.0945. The molecule has 0 amide bonds. The molecule has 2 atom stereocenters. The second kappa shape index (κ2) is 9.06. The Bertz CT molecular complexity index is 1040. The number of aliphatic imine (C=N–C) groups is 1. The van der Waals surface area contributed by atoms with Crippen LogP contribution in [-0.4, -0.2) is 68.6 Å². The van der Waals surface area contributed by atoms with Crippen LogP contribution in [0.3, 0.4) is 0 Å². The fraction of sp³-hybridized carbons (Fsp3) is 0.522. The Labute approximate surface area is 188 Å². The van der Waals surface area contributed by atoms with E-state index in [0.29, 0.717) is 17.4 Å². The van der Waals surface area contributed by atoms with E-state index >= 15 is 0 Å². The highest BCUT2D eigenvalue weighted by atomic mass is 31.1. The molecule has 9 heteroatoms. The molecule has 1 aliphatic heterocycles. The Morgan fingerprint density at radius 1 is 1.22 bits per heavy atom. The second-order valence-electron chi connectivity index (χ2n) is 9.14. The van der Waals surface area contributed by atoms with Crippen molar-refractivity contribution >= 4 is 35.8 Å². The third-order valence-electron chi connectivity index (χ3n) is 6.31. The number of aromatic nitrogens is 1. The highest BCUT2D eigenvalue weighted by Gasteiger charge is 2.39. The van der Waals surface area contributed by atoms with Crippen molar-refractivity contribution in [2.24, 2.45) is 10.9 Å². The first-order chi connectivity index (χ1) is 15.1. The maximum absolute atomic E-state index is 13.9. The van der Waals surface area contributed by atoms with Gasteiger partial charge in [-0.2, -0.15) is 13.2 Å². The molecule has 1 aliphatic carbocycles. The SMILES string of the molecule is CN(C)CC1CCCC1NC1=NCC(C(F)(F)F)=C(c2c[nH]c3c(P(C)C)cccc23)N1. The van der Waals surface area contributed by atoms with Gasteiger partial charge in [-0.25, -0.2) is 4.99 Å². The summed E-state index contributed by atoms with van der Waals surface area (Å²) in [6.07, 6.45) is 0.456. The third-order valence-corrected chi connectivity index (χ3v) is 7.64. The van der Waals surface area contributed by atoms with E-state index in [4.69, 9.17) is 0 Å². The first-order valence-corrected chi connectivity index (χ1v) is 13.2. The highest BCUT2D eigenvalue weighted by molar-refractivity contribution is 7.64. The summed E-state index contributed by atoms with van der Waals surface area (Å²) in [6, 6.07) is 6.05. The zero-order chi connectivity index (χ0) is 23.0. The fourth-order valence-electron chi connectivity index (χ4n) is 4.82. The van der Waals surface area contributed by atoms with E-state index in [-0.39, 0.29) is 18.3 Å². The molecule has 4 rings (SSSR count). The quantitative estimate of drug-likeness (QED) is 0.584. The molecule has 2 aliphatic rings. The normalized spacial score (nSPS) is 22.1. The van der Waals surface area contributed by atoms with Gasteiger partial charge >= 0.3 is 6.18 Å². The number of nitrogens with one attached hydrogen (secondary N) is 3. The lowest BCUT2D eigenvalue weighted by Crippen LogP contribution is -2.48. The molecule has 5 nitrogen and oxygen atoms in total. The summed E-state index contributed by atoms with van der Waals surface area (Å²) in [4.78, 5) is 9.63. The Balaban J connectivity index is 1.66. The molecule has 32 heavy (non-hydrogen) atoms. The van der Waals surface area contributed by atoms with Gasteiger partial charge in [0.15, 0.2) is 5.96 Å². The molecule has 0 radical (unpaired) electrons. The number of alkyl halides is 3. The van der Waals surface area contributed by atoms with Crippen LogP contribution in [0.15, 0.2) is 35.0 Å². The topological polar surface area (TPSA) is 55.5 Å². The molecule has 0 spiro atoms. The van der Waals surface area contributed by atoms with Gasteiger partial charge in [0.05, 0.1) is 23.3 Å². The van der Waals surface area contributed by atoms with E-state index < -0.39 is 19.7 Å². The number of nitrogens with zero attached hydrogens (tertiary/aromatic N) is 2. The van der Waals surface area contributed by atoms with Gasteiger partial charge in [-0.05, 0) is 51.5 Å². The van der Waals surface area contributed by atoms with E-state index in [9.17, 15) is 13.2 Å². The van der Waals surface area contributed by atoms with Crippen LogP contribution < -0.4 is 15.9 Å². The van der Waals surface area contributed by atoms with Gasteiger partial charge in [0, 0.05) is 29.7 Å². The lowest BCUT2D eigenvalue weighted by Gasteiger charge is -2.29. The second-order valence-corrected chi connectivity index (χ2v) is 11.4. The first kappa shape index (κ1) is 23.1. The van der Waals surface area contributed by atoms with Gasteiger partial charge in [0.1, 0.15) is 0 Å². The Morgan fingerprint density at radius 3 is 2.69 bits per heavy atom. The van der Waals surface area contributed by atoms with E-state index in [1.54, 1.807) is 6.20 Å². The van der Waals surface area contributed by atoms with Crippen LogP contribution in [0.25, 0.3) is 16.6 Å². The molecule has 1 aromatic heterocycles. The molecule has 1 fully saturated rings. The molecule has 1 aromatic carbocycles. The smallest absolute Gasteiger partial charge is 0.360 e. The molecule has 3 N–H and O–H groups in total. The van der Waals surface area contributed by atoms with Crippen molar-refractivity contribution in [2.45, 2.75) is 31.5 Å². The first-order valence-electron chi connectivity index (χ1n) is 11.0. The molecule has 0 saturated heterocycles. The van der Waals surface area contributed by atoms with Crippen LogP contribution in [-0.2, 0) is 0 Å². The summed E-state index contributed by atoms with van der Waals surface area (Å²) in [6.45, 7) is 4.85. The summed E-state index contributed by atoms with van der Waals surface area (Å²) in [5, 5.41) is 8.40. The molecule has 2 heterocycles. The average molecular weight is 466 g/mol. The number of hydrogen-bond donors (Lipinski definition) is 3. The molecule has 1 saturated carbocycles. The molecule has 0 bridgehead atoms. The number of rotatable bonds is 5. The minimum Gasteiger partial charge on any atom is -0.360 e. The van der Waals surface area contributed by atoms with Crippen LogP contribution in [0.4, 0.5) is 13.2 Å². The maximum Gasteiger partial charge on any atom is 0.416 e. The van der Waals surface area contributed by atoms with Crippen molar-refractivity contribution in [3.05, 3.63) is 35.5 Å². The van der Waals surface area contributed by atoms with Crippen LogP contribution in [0.2, 0.25) is 0 Å². The summed E-state index contributed by atoms with van der Waals surface area (Å²) >= 11 is 0. The van der Waals surface area contributed by atoms with E-state index in [1.807, 2.05) is 32.3 Å². The van der Waals surface area contributed by atoms with Crippen molar-refractivity contribution < 1.29 is 13.2 Å². The summed E-state index contributed by atoms with van der Waals surface area (Å²) in [5.41, 5.74) is 0.905. The number of aromatic amines is 1.